The second-order valence-electron chi connectivity index (χ2n) is 15.8. The Morgan fingerprint density at radius 3 is 1.18 bits per heavy atom. The van der Waals surface area contributed by atoms with Crippen molar-refractivity contribution in [1.82, 2.24) is 4.57 Å². The molecule has 0 saturated heterocycles. The molecule has 292 valence electrons. The lowest BCUT2D eigenvalue weighted by Gasteiger charge is -2.27. The second-order valence-corrected chi connectivity index (χ2v) is 15.8. The maximum atomic E-state index is 2.40. The predicted octanol–water partition coefficient (Wildman–Crippen LogP) is 16.6. The minimum atomic E-state index is 1.08. The molecule has 2 heteroatoms. The van der Waals surface area contributed by atoms with Gasteiger partial charge in [-0.25, -0.2) is 0 Å². The molecule has 1 aromatic heterocycles. The van der Waals surface area contributed by atoms with Gasteiger partial charge in [0, 0.05) is 33.5 Å². The van der Waals surface area contributed by atoms with Crippen molar-refractivity contribution in [3.8, 4) is 61.3 Å². The zero-order valence-corrected chi connectivity index (χ0v) is 34.1. The molecular weight excluding hydrogens is 749 g/mol. The van der Waals surface area contributed by atoms with Gasteiger partial charge in [0.25, 0.3) is 0 Å². The Balaban J connectivity index is 1.06. The van der Waals surface area contributed by atoms with E-state index in [-0.39, 0.29) is 0 Å². The lowest BCUT2D eigenvalue weighted by Crippen LogP contribution is -2.10. The van der Waals surface area contributed by atoms with Crippen LogP contribution < -0.4 is 4.90 Å². The third kappa shape index (κ3) is 7.04. The fraction of sp³-hybridized carbons (Fsp3) is 0. The van der Waals surface area contributed by atoms with Crippen molar-refractivity contribution in [3.05, 3.63) is 255 Å². The molecule has 0 spiro atoms. The fourth-order valence-corrected chi connectivity index (χ4v) is 8.92. The van der Waals surface area contributed by atoms with Gasteiger partial charge in [0.2, 0.25) is 0 Å². The molecule has 0 atom stereocenters. The van der Waals surface area contributed by atoms with Crippen LogP contribution in [0.4, 0.5) is 17.1 Å². The zero-order chi connectivity index (χ0) is 41.2. The molecule has 0 aliphatic carbocycles. The molecule has 0 unspecified atom stereocenters. The summed E-state index contributed by atoms with van der Waals surface area (Å²) in [6.07, 6.45) is 0. The first kappa shape index (κ1) is 36.8. The van der Waals surface area contributed by atoms with Crippen LogP contribution in [-0.2, 0) is 0 Å². The highest BCUT2D eigenvalue weighted by atomic mass is 15.1. The van der Waals surface area contributed by atoms with Crippen LogP contribution in [0.5, 0.6) is 0 Å². The number of aromatic nitrogens is 1. The van der Waals surface area contributed by atoms with Gasteiger partial charge in [-0.15, -0.1) is 0 Å². The van der Waals surface area contributed by atoms with Crippen molar-refractivity contribution in [2.45, 2.75) is 0 Å². The number of fused-ring (bicyclic) bond motifs is 3. The molecule has 1 heterocycles. The van der Waals surface area contributed by atoms with E-state index in [1.165, 1.54) is 60.8 Å². The van der Waals surface area contributed by atoms with Crippen LogP contribution in [0.2, 0.25) is 0 Å². The molecule has 0 aliphatic heterocycles. The van der Waals surface area contributed by atoms with E-state index in [1.54, 1.807) is 0 Å². The van der Waals surface area contributed by atoms with Crippen molar-refractivity contribution in [2.75, 3.05) is 4.90 Å². The van der Waals surface area contributed by atoms with E-state index in [4.69, 9.17) is 0 Å². The number of benzene rings is 10. The average Bonchev–Trinajstić information content (AvgIpc) is 3.70. The van der Waals surface area contributed by atoms with Crippen molar-refractivity contribution in [3.63, 3.8) is 0 Å². The number of rotatable bonds is 9. The smallest absolute Gasteiger partial charge is 0.0541 e. The Bertz CT molecular complexity index is 3260. The predicted molar refractivity (Wildman–Crippen MR) is 263 cm³/mol. The highest BCUT2D eigenvalue weighted by Crippen LogP contribution is 2.42. The Kier molecular flexibility index (Phi) is 9.57. The number of hydrogen-bond acceptors (Lipinski definition) is 1. The highest BCUT2D eigenvalue weighted by molar-refractivity contribution is 6.09. The summed E-state index contributed by atoms with van der Waals surface area (Å²) in [5.41, 5.74) is 18.5. The van der Waals surface area contributed by atoms with Gasteiger partial charge in [0.15, 0.2) is 0 Å². The quantitative estimate of drug-likeness (QED) is 0.141. The molecule has 62 heavy (non-hydrogen) atoms. The lowest BCUT2D eigenvalue weighted by atomic mass is 9.96. The van der Waals surface area contributed by atoms with Crippen molar-refractivity contribution >= 4 is 38.9 Å². The van der Waals surface area contributed by atoms with Gasteiger partial charge in [-0.05, 0) is 122 Å². The third-order valence-electron chi connectivity index (χ3n) is 12.0. The summed E-state index contributed by atoms with van der Waals surface area (Å²) in [5.74, 6) is 0. The normalized spacial score (nSPS) is 11.2. The number of hydrogen-bond donors (Lipinski definition) is 0. The molecule has 10 aromatic carbocycles. The Morgan fingerprint density at radius 1 is 0.226 bits per heavy atom. The number of para-hydroxylation sites is 2. The zero-order valence-electron chi connectivity index (χ0n) is 34.1. The van der Waals surface area contributed by atoms with Crippen LogP contribution in [-0.4, -0.2) is 4.57 Å². The fourth-order valence-electron chi connectivity index (χ4n) is 8.92. The first-order valence-corrected chi connectivity index (χ1v) is 21.2. The minimum Gasteiger partial charge on any atom is -0.310 e. The molecular formula is C60H42N2. The van der Waals surface area contributed by atoms with E-state index in [1.807, 2.05) is 0 Å². The van der Waals surface area contributed by atoms with Crippen LogP contribution in [0.25, 0.3) is 83.1 Å². The van der Waals surface area contributed by atoms with E-state index in [0.717, 1.165) is 39.4 Å². The van der Waals surface area contributed by atoms with E-state index in [0.29, 0.717) is 0 Å². The van der Waals surface area contributed by atoms with Crippen LogP contribution in [0.15, 0.2) is 255 Å². The third-order valence-corrected chi connectivity index (χ3v) is 12.0. The molecule has 0 radical (unpaired) electrons. The Hall–Kier alpha value is -8.20. The molecule has 0 bridgehead atoms. The van der Waals surface area contributed by atoms with E-state index in [2.05, 4.69) is 264 Å². The highest BCUT2D eigenvalue weighted by Gasteiger charge is 2.18. The van der Waals surface area contributed by atoms with Crippen molar-refractivity contribution in [1.29, 1.82) is 0 Å². The Labute approximate surface area is 362 Å². The summed E-state index contributed by atoms with van der Waals surface area (Å²) in [7, 11) is 0. The second kappa shape index (κ2) is 16.1. The van der Waals surface area contributed by atoms with Gasteiger partial charge in [0.05, 0.1) is 11.0 Å². The summed E-state index contributed by atoms with van der Waals surface area (Å²) in [6.45, 7) is 0. The first-order valence-electron chi connectivity index (χ1n) is 21.2. The van der Waals surface area contributed by atoms with Crippen LogP contribution in [0.3, 0.4) is 0 Å². The molecule has 0 aliphatic rings. The van der Waals surface area contributed by atoms with Crippen molar-refractivity contribution in [2.24, 2.45) is 0 Å². The Morgan fingerprint density at radius 2 is 0.613 bits per heavy atom. The van der Waals surface area contributed by atoms with Gasteiger partial charge < -0.3 is 9.47 Å². The molecule has 0 N–H and O–H groups in total. The SMILES string of the molecule is c1ccc(-c2ccc(-c3ccc(N(c4cccc(-c5ccccc5)c4)c4cc(-c5ccccc5)cc(-c5cccc(-n6c7ccccc7c7ccccc76)c5)c4)cc3)cc2)cc1. The van der Waals surface area contributed by atoms with E-state index in [9.17, 15) is 0 Å². The monoisotopic (exact) mass is 790 g/mol. The van der Waals surface area contributed by atoms with Gasteiger partial charge in [-0.2, -0.15) is 0 Å². The van der Waals surface area contributed by atoms with E-state index < -0.39 is 0 Å². The number of anilines is 3. The molecule has 0 amide bonds. The molecule has 0 fully saturated rings. The topological polar surface area (TPSA) is 8.17 Å². The van der Waals surface area contributed by atoms with E-state index >= 15 is 0 Å². The van der Waals surface area contributed by atoms with Crippen LogP contribution in [0.1, 0.15) is 0 Å². The summed E-state index contributed by atoms with van der Waals surface area (Å²) in [4.78, 5) is 2.40. The minimum absolute atomic E-state index is 1.08. The molecule has 11 aromatic rings. The molecule has 11 rings (SSSR count). The molecule has 0 saturated carbocycles. The standard InChI is InChI=1S/C60H42N2/c1-4-16-43(17-5-1)46-30-32-47(33-31-46)48-34-36-53(37-35-48)61(54-24-14-22-49(39-54)44-18-6-2-7-19-44)56-41-51(45-20-8-3-9-21-45)38-52(42-56)50-23-15-25-55(40-50)62-59-28-12-10-26-57(59)58-27-11-13-29-60(58)62/h1-42H. The lowest BCUT2D eigenvalue weighted by molar-refractivity contribution is 1.18. The van der Waals surface area contributed by atoms with Gasteiger partial charge in [-0.3, -0.25) is 0 Å². The largest absolute Gasteiger partial charge is 0.310 e. The average molecular weight is 791 g/mol. The summed E-state index contributed by atoms with van der Waals surface area (Å²) >= 11 is 0. The maximum Gasteiger partial charge on any atom is 0.0541 e. The summed E-state index contributed by atoms with van der Waals surface area (Å²) < 4.78 is 2.40. The first-order chi connectivity index (χ1) is 30.7. The van der Waals surface area contributed by atoms with Gasteiger partial charge >= 0.3 is 0 Å². The van der Waals surface area contributed by atoms with Gasteiger partial charge in [0.1, 0.15) is 0 Å². The number of nitrogens with zero attached hydrogens (tertiary/aromatic N) is 2. The van der Waals surface area contributed by atoms with Crippen LogP contribution in [0, 0.1) is 0 Å². The summed E-state index contributed by atoms with van der Waals surface area (Å²) in [5, 5.41) is 2.51. The van der Waals surface area contributed by atoms with Gasteiger partial charge in [-0.1, -0.05) is 188 Å². The molecule has 2 nitrogen and oxygen atoms in total. The summed E-state index contributed by atoms with van der Waals surface area (Å²) in [6, 6.07) is 92.2. The maximum absolute atomic E-state index is 2.40. The van der Waals surface area contributed by atoms with Crippen molar-refractivity contribution < 1.29 is 0 Å². The van der Waals surface area contributed by atoms with Crippen LogP contribution >= 0.6 is 0 Å².